The smallest absolute Gasteiger partial charge is 0.295 e. The van der Waals surface area contributed by atoms with E-state index in [4.69, 9.17) is 9.47 Å². The molecule has 1 unspecified atom stereocenters. The number of carbonyl (C=O) groups excluding carboxylic acids is 2. The predicted molar refractivity (Wildman–Crippen MR) is 121 cm³/mol. The minimum Gasteiger partial charge on any atom is -0.507 e. The molecule has 1 fully saturated rings. The van der Waals surface area contributed by atoms with E-state index in [0.717, 1.165) is 17.0 Å². The van der Waals surface area contributed by atoms with Crippen molar-refractivity contribution < 1.29 is 24.2 Å². The van der Waals surface area contributed by atoms with E-state index < -0.39 is 17.7 Å². The fourth-order valence-electron chi connectivity index (χ4n) is 3.75. The van der Waals surface area contributed by atoms with Crippen LogP contribution in [0.25, 0.3) is 5.76 Å². The first-order valence-electron chi connectivity index (χ1n) is 9.99. The van der Waals surface area contributed by atoms with Crippen LogP contribution in [0.1, 0.15) is 28.5 Å². The van der Waals surface area contributed by atoms with Gasteiger partial charge >= 0.3 is 0 Å². The molecule has 1 amide bonds. The minimum absolute atomic E-state index is 0.0759. The largest absolute Gasteiger partial charge is 0.507 e. The van der Waals surface area contributed by atoms with Gasteiger partial charge in [0.1, 0.15) is 17.3 Å². The molecule has 0 spiro atoms. The van der Waals surface area contributed by atoms with Crippen molar-refractivity contribution in [3.05, 3.63) is 51.2 Å². The Kier molecular flexibility index (Phi) is 7.02. The van der Waals surface area contributed by atoms with Crippen molar-refractivity contribution in [2.24, 2.45) is 0 Å². The Bertz CT molecular complexity index is 1010. The van der Waals surface area contributed by atoms with Crippen LogP contribution >= 0.6 is 11.3 Å². The number of ether oxygens (including phenoxy) is 2. The summed E-state index contributed by atoms with van der Waals surface area (Å²) in [6.07, 6.45) is 0.712. The van der Waals surface area contributed by atoms with E-state index in [1.54, 1.807) is 23.1 Å². The van der Waals surface area contributed by atoms with Gasteiger partial charge in [-0.1, -0.05) is 0 Å². The van der Waals surface area contributed by atoms with Crippen LogP contribution in [0.3, 0.4) is 0 Å². The van der Waals surface area contributed by atoms with Gasteiger partial charge in [0.25, 0.3) is 11.7 Å². The Morgan fingerprint density at radius 2 is 1.94 bits per heavy atom. The number of benzene rings is 1. The molecule has 166 valence electrons. The second kappa shape index (κ2) is 9.53. The molecule has 1 aliphatic rings. The van der Waals surface area contributed by atoms with Crippen LogP contribution in [0.4, 0.5) is 0 Å². The number of methoxy groups -OCH3 is 2. The van der Waals surface area contributed by atoms with Crippen molar-refractivity contribution in [2.45, 2.75) is 19.4 Å². The zero-order valence-corrected chi connectivity index (χ0v) is 19.3. The molecule has 2 aromatic rings. The third kappa shape index (κ3) is 4.45. The SMILES string of the molecule is COc1ccc(OC)c(/C(O)=C2\C(=O)C(=O)N(CCCN(C)C)C2c2sccc2C)c1. The van der Waals surface area contributed by atoms with Crippen molar-refractivity contribution in [3.8, 4) is 11.5 Å². The maximum Gasteiger partial charge on any atom is 0.295 e. The van der Waals surface area contributed by atoms with Crippen LogP contribution in [0, 0.1) is 6.92 Å². The van der Waals surface area contributed by atoms with E-state index in [1.165, 1.54) is 25.6 Å². The van der Waals surface area contributed by atoms with Gasteiger partial charge in [-0.3, -0.25) is 9.59 Å². The number of aliphatic hydroxyl groups excluding tert-OH is 1. The van der Waals surface area contributed by atoms with Crippen LogP contribution in [0.15, 0.2) is 35.2 Å². The number of thiophene rings is 1. The van der Waals surface area contributed by atoms with Gasteiger partial charge in [0.05, 0.1) is 31.4 Å². The summed E-state index contributed by atoms with van der Waals surface area (Å²) in [7, 11) is 6.93. The zero-order chi connectivity index (χ0) is 22.7. The fraction of sp³-hybridized carbons (Fsp3) is 0.391. The van der Waals surface area contributed by atoms with Gasteiger partial charge in [0.2, 0.25) is 0 Å². The van der Waals surface area contributed by atoms with E-state index in [9.17, 15) is 14.7 Å². The Morgan fingerprint density at radius 3 is 2.52 bits per heavy atom. The van der Waals surface area contributed by atoms with Crippen LogP contribution < -0.4 is 9.47 Å². The molecule has 1 atom stereocenters. The maximum absolute atomic E-state index is 13.1. The Balaban J connectivity index is 2.16. The summed E-state index contributed by atoms with van der Waals surface area (Å²) in [5, 5.41) is 13.2. The van der Waals surface area contributed by atoms with E-state index >= 15 is 0 Å². The topological polar surface area (TPSA) is 79.3 Å². The van der Waals surface area contributed by atoms with Gasteiger partial charge in [0, 0.05) is 11.4 Å². The number of likely N-dealkylation sites (tertiary alicyclic amines) is 1. The van der Waals surface area contributed by atoms with Crippen LogP contribution in [0.2, 0.25) is 0 Å². The van der Waals surface area contributed by atoms with E-state index in [0.29, 0.717) is 30.0 Å². The lowest BCUT2D eigenvalue weighted by Crippen LogP contribution is -2.32. The normalized spacial score (nSPS) is 18.1. The van der Waals surface area contributed by atoms with E-state index in [1.807, 2.05) is 37.4 Å². The zero-order valence-electron chi connectivity index (χ0n) is 18.5. The molecular weight excluding hydrogens is 416 g/mol. The van der Waals surface area contributed by atoms with Crippen molar-refractivity contribution in [2.75, 3.05) is 41.4 Å². The third-order valence-electron chi connectivity index (χ3n) is 5.36. The lowest BCUT2D eigenvalue weighted by molar-refractivity contribution is -0.139. The van der Waals surface area contributed by atoms with Crippen molar-refractivity contribution >= 4 is 28.8 Å². The first-order chi connectivity index (χ1) is 14.8. The number of ketones is 1. The standard InChI is InChI=1S/C23H28N2O5S/c1-14-9-12-31-22(14)19-18(21(27)23(28)25(19)11-6-10-24(2)3)20(26)16-13-15(29-4)7-8-17(16)30-5/h7-9,12-13,19,26H,6,10-11H2,1-5H3/b20-18+. The number of aryl methyl sites for hydroxylation is 1. The number of nitrogens with zero attached hydrogens (tertiary/aromatic N) is 2. The van der Waals surface area contributed by atoms with Gasteiger partial charge in [0.15, 0.2) is 0 Å². The summed E-state index contributed by atoms with van der Waals surface area (Å²) < 4.78 is 10.7. The molecule has 0 aliphatic carbocycles. The molecule has 1 aromatic carbocycles. The minimum atomic E-state index is -0.690. The van der Waals surface area contributed by atoms with Gasteiger partial charge < -0.3 is 24.4 Å². The third-order valence-corrected chi connectivity index (χ3v) is 6.43. The maximum atomic E-state index is 13.1. The average molecular weight is 445 g/mol. The summed E-state index contributed by atoms with van der Waals surface area (Å²) in [6, 6.07) is 6.28. The summed E-state index contributed by atoms with van der Waals surface area (Å²) in [4.78, 5) is 30.6. The highest BCUT2D eigenvalue weighted by Crippen LogP contribution is 2.44. The van der Waals surface area contributed by atoms with Crippen LogP contribution in [0.5, 0.6) is 11.5 Å². The molecule has 1 aromatic heterocycles. The second-order valence-corrected chi connectivity index (χ2v) is 8.63. The fourth-order valence-corrected chi connectivity index (χ4v) is 4.80. The number of Topliss-reactive ketones (excluding diaryl/α,β-unsaturated/α-hetero) is 1. The molecule has 3 rings (SSSR count). The highest BCUT2D eigenvalue weighted by atomic mass is 32.1. The Labute approximate surface area is 186 Å². The van der Waals surface area contributed by atoms with Gasteiger partial charge in [-0.25, -0.2) is 0 Å². The number of hydrogen-bond donors (Lipinski definition) is 1. The highest BCUT2D eigenvalue weighted by Gasteiger charge is 2.47. The van der Waals surface area contributed by atoms with Crippen LogP contribution in [-0.4, -0.2) is 68.0 Å². The molecule has 1 N–H and O–H groups in total. The molecule has 0 radical (unpaired) electrons. The molecule has 2 heterocycles. The highest BCUT2D eigenvalue weighted by molar-refractivity contribution is 7.10. The van der Waals surface area contributed by atoms with Gasteiger partial charge in [-0.05, 0) is 69.2 Å². The van der Waals surface area contributed by atoms with E-state index in [-0.39, 0.29) is 11.3 Å². The lowest BCUT2D eigenvalue weighted by atomic mass is 9.97. The number of aliphatic hydroxyl groups is 1. The van der Waals surface area contributed by atoms with E-state index in [2.05, 4.69) is 0 Å². The van der Waals surface area contributed by atoms with Gasteiger partial charge in [-0.2, -0.15) is 0 Å². The van der Waals surface area contributed by atoms with Crippen molar-refractivity contribution in [3.63, 3.8) is 0 Å². The molecule has 7 nitrogen and oxygen atoms in total. The molecule has 1 saturated heterocycles. The molecule has 0 saturated carbocycles. The monoisotopic (exact) mass is 444 g/mol. The Hall–Kier alpha value is -2.84. The molecule has 1 aliphatic heterocycles. The Morgan fingerprint density at radius 1 is 1.19 bits per heavy atom. The molecule has 0 bridgehead atoms. The first kappa shape index (κ1) is 22.8. The predicted octanol–water partition coefficient (Wildman–Crippen LogP) is 3.45. The first-order valence-corrected chi connectivity index (χ1v) is 10.9. The molecule has 8 heteroatoms. The summed E-state index contributed by atoms with van der Waals surface area (Å²) in [6.45, 7) is 3.14. The molecule has 31 heavy (non-hydrogen) atoms. The van der Waals surface area contributed by atoms with Crippen molar-refractivity contribution in [1.82, 2.24) is 9.80 Å². The number of rotatable bonds is 8. The number of amides is 1. The summed E-state index contributed by atoms with van der Waals surface area (Å²) in [5.41, 5.74) is 1.36. The van der Waals surface area contributed by atoms with Crippen LogP contribution in [-0.2, 0) is 9.59 Å². The molecular formula is C23H28N2O5S. The average Bonchev–Trinajstić information content (AvgIpc) is 3.28. The van der Waals surface area contributed by atoms with Crippen molar-refractivity contribution in [1.29, 1.82) is 0 Å². The number of carbonyl (C=O) groups is 2. The summed E-state index contributed by atoms with van der Waals surface area (Å²) in [5.74, 6) is -0.655. The van der Waals surface area contributed by atoms with Gasteiger partial charge in [-0.15, -0.1) is 11.3 Å². The summed E-state index contributed by atoms with van der Waals surface area (Å²) >= 11 is 1.47. The number of hydrogen-bond acceptors (Lipinski definition) is 7. The quantitative estimate of drug-likeness (QED) is 0.382. The second-order valence-electron chi connectivity index (χ2n) is 7.68. The lowest BCUT2D eigenvalue weighted by Gasteiger charge is -2.25.